The van der Waals surface area contributed by atoms with Crippen LogP contribution in [0.1, 0.15) is 81.5 Å². The van der Waals surface area contributed by atoms with Crippen LogP contribution in [0.25, 0.3) is 21.6 Å². The van der Waals surface area contributed by atoms with Gasteiger partial charge < -0.3 is 25.0 Å². The number of hydrogen-bond donors (Lipinski definition) is 3. The lowest BCUT2D eigenvalue weighted by Gasteiger charge is -2.30. The van der Waals surface area contributed by atoms with Gasteiger partial charge >= 0.3 is 16.4 Å². The Morgan fingerprint density at radius 3 is 2.48 bits per heavy atom. The van der Waals surface area contributed by atoms with Crippen LogP contribution in [0.3, 0.4) is 0 Å². The van der Waals surface area contributed by atoms with Crippen molar-refractivity contribution in [3.05, 3.63) is 76.8 Å². The van der Waals surface area contributed by atoms with Crippen molar-refractivity contribution in [3.63, 3.8) is 0 Å². The second kappa shape index (κ2) is 18.1. The number of nitrogens with zero attached hydrogens (tertiary/aromatic N) is 4. The number of hydrogen-bond acceptors (Lipinski definition) is 11. The molecule has 1 aliphatic carbocycles. The minimum absolute atomic E-state index is 0.0121. The molecule has 0 spiro atoms. The number of amides is 3. The van der Waals surface area contributed by atoms with E-state index in [0.717, 1.165) is 34.1 Å². The predicted octanol–water partition coefficient (Wildman–Crippen LogP) is 6.96. The summed E-state index contributed by atoms with van der Waals surface area (Å²) in [6.07, 6.45) is 1.50. The van der Waals surface area contributed by atoms with Crippen LogP contribution in [0.5, 0.6) is 11.5 Å². The zero-order chi connectivity index (χ0) is 45.4. The summed E-state index contributed by atoms with van der Waals surface area (Å²) in [5.41, 5.74) is 0.679. The number of allylic oxidation sites excluding steroid dienone is 1. The summed E-state index contributed by atoms with van der Waals surface area (Å²) in [6.45, 7) is 5.92. The fraction of sp³-hybridized carbons (Fsp3) is 0.477. The Kier molecular flexibility index (Phi) is 13.1. The maximum absolute atomic E-state index is 14.9. The van der Waals surface area contributed by atoms with E-state index in [-0.39, 0.29) is 31.0 Å². The Labute approximate surface area is 368 Å². The fourth-order valence-electron chi connectivity index (χ4n) is 8.08. The molecule has 2 aromatic heterocycles. The Hall–Kier alpha value is -5.27. The first kappa shape index (κ1) is 45.7. The van der Waals surface area contributed by atoms with E-state index in [2.05, 4.69) is 29.2 Å². The Balaban J connectivity index is 1.26. The van der Waals surface area contributed by atoms with Crippen LogP contribution < -0.4 is 24.8 Å². The first-order chi connectivity index (χ1) is 29.8. The van der Waals surface area contributed by atoms with Gasteiger partial charge in [0.2, 0.25) is 11.8 Å². The molecule has 0 radical (unpaired) electrons. The molecular weight excluding hydrogens is 860 g/mol. The summed E-state index contributed by atoms with van der Waals surface area (Å²) in [6, 6.07) is 7.70. The monoisotopic (exact) mass is 911 g/mol. The number of fused-ring (bicyclic) bond motifs is 3. The Morgan fingerprint density at radius 2 is 1.81 bits per heavy atom. The first-order valence-corrected chi connectivity index (χ1v) is 23.2. The van der Waals surface area contributed by atoms with Gasteiger partial charge in [0.25, 0.3) is 5.91 Å². The molecule has 5 atom stereocenters. The second-order valence-corrected chi connectivity index (χ2v) is 19.6. The number of aryl methyl sites for hydroxylation is 1. The van der Waals surface area contributed by atoms with Crippen molar-refractivity contribution in [2.24, 2.45) is 5.92 Å². The van der Waals surface area contributed by atoms with Gasteiger partial charge in [-0.25, -0.2) is 14.7 Å². The van der Waals surface area contributed by atoms with Gasteiger partial charge in [0.15, 0.2) is 0 Å². The van der Waals surface area contributed by atoms with Gasteiger partial charge in [0.05, 0.1) is 30.4 Å². The van der Waals surface area contributed by atoms with Crippen molar-refractivity contribution >= 4 is 55.9 Å². The minimum Gasteiger partial charge on any atom is -0.496 e. The number of carbonyl (C=O) groups is 3. The molecule has 3 aliphatic rings. The van der Waals surface area contributed by atoms with E-state index >= 15 is 0 Å². The lowest BCUT2D eigenvalue weighted by Crippen LogP contribution is -2.58. The fourth-order valence-corrected chi connectivity index (χ4v) is 9.62. The van der Waals surface area contributed by atoms with Crippen LogP contribution in [-0.4, -0.2) is 96.8 Å². The van der Waals surface area contributed by atoms with E-state index in [4.69, 9.17) is 19.4 Å². The number of rotatable bonds is 10. The number of carbonyl (C=O) groups excluding carboxylic acids is 3. The molecule has 14 nitrogen and oxygen atoms in total. The van der Waals surface area contributed by atoms with Crippen LogP contribution >= 0.6 is 11.3 Å². The van der Waals surface area contributed by atoms with Crippen molar-refractivity contribution < 1.29 is 45.4 Å². The summed E-state index contributed by atoms with van der Waals surface area (Å²) in [4.78, 5) is 54.6. The summed E-state index contributed by atoms with van der Waals surface area (Å²) < 4.78 is 81.4. The van der Waals surface area contributed by atoms with Gasteiger partial charge in [-0.2, -0.15) is 25.9 Å². The highest BCUT2D eigenvalue weighted by Gasteiger charge is 2.61. The topological polar surface area (TPSA) is 172 Å². The molecule has 4 heterocycles. The van der Waals surface area contributed by atoms with E-state index in [0.29, 0.717) is 58.8 Å². The number of ether oxygens (including phenoxy) is 2. The molecule has 2 fully saturated rings. The van der Waals surface area contributed by atoms with E-state index in [9.17, 15) is 36.0 Å². The van der Waals surface area contributed by atoms with Crippen molar-refractivity contribution in [2.45, 2.75) is 102 Å². The normalized spacial score (nSPS) is 23.4. The third-order valence-electron chi connectivity index (χ3n) is 11.9. The van der Waals surface area contributed by atoms with Crippen molar-refractivity contribution in [1.82, 2.24) is 29.2 Å². The third-order valence-corrected chi connectivity index (χ3v) is 14.2. The van der Waals surface area contributed by atoms with Gasteiger partial charge in [-0.3, -0.25) is 14.4 Å². The summed E-state index contributed by atoms with van der Waals surface area (Å²) in [5, 5.41) is 9.31. The molecule has 1 saturated carbocycles. The number of anilines is 1. The van der Waals surface area contributed by atoms with Crippen LogP contribution in [0.4, 0.5) is 18.9 Å². The molecule has 2 aliphatic heterocycles. The number of methoxy groups -OCH3 is 1. The Morgan fingerprint density at radius 1 is 1.06 bits per heavy atom. The van der Waals surface area contributed by atoms with E-state index < -0.39 is 69.3 Å². The van der Waals surface area contributed by atoms with Crippen LogP contribution in [-0.2, 0) is 30.8 Å². The molecule has 3 N–H and O–H groups in total. The molecule has 63 heavy (non-hydrogen) atoms. The lowest BCUT2D eigenvalue weighted by atomic mass is 10.0. The zero-order valence-corrected chi connectivity index (χ0v) is 37.5. The molecule has 4 aromatic rings. The SMILES string of the molecule is COc1ccc2c(O[C@@H]3C[C@H]4C(=O)N[C@]5(C(=O)NS(=O)(=O)N(C)C)C[C@H]5C=CCCCCC[C@H](Nc5ccc(C(F)(F)F)cc5)C(=O)N4C3)cc(-c3nc(C(C)C)cs3)nc2c1C. The summed E-state index contributed by atoms with van der Waals surface area (Å²) >= 11 is 1.45. The van der Waals surface area contributed by atoms with Gasteiger partial charge in [-0.15, -0.1) is 11.3 Å². The quantitative estimate of drug-likeness (QED) is 0.141. The minimum atomic E-state index is -4.55. The number of benzene rings is 2. The molecule has 0 bridgehead atoms. The molecular formula is C44H52F3N7O7S2. The smallest absolute Gasteiger partial charge is 0.416 e. The zero-order valence-electron chi connectivity index (χ0n) is 35.9. The van der Waals surface area contributed by atoms with Crippen LogP contribution in [0, 0.1) is 12.8 Å². The van der Waals surface area contributed by atoms with Crippen molar-refractivity contribution in [2.75, 3.05) is 33.1 Å². The number of aromatic nitrogens is 2. The van der Waals surface area contributed by atoms with Gasteiger partial charge in [0, 0.05) is 54.5 Å². The summed E-state index contributed by atoms with van der Waals surface area (Å²) in [5.74, 6) is -1.36. The highest BCUT2D eigenvalue weighted by Crippen LogP contribution is 2.46. The molecule has 1 saturated heterocycles. The van der Waals surface area contributed by atoms with Crippen LogP contribution in [0.15, 0.2) is 60.0 Å². The first-order valence-electron chi connectivity index (χ1n) is 20.9. The maximum Gasteiger partial charge on any atom is 0.416 e. The van der Waals surface area contributed by atoms with Crippen molar-refractivity contribution in [3.8, 4) is 22.2 Å². The van der Waals surface area contributed by atoms with Gasteiger partial charge in [-0.1, -0.05) is 38.8 Å². The standard InChI is InChI=1S/C44H52F3N7O7S2/c1-25(2)34-24-62-40(50-34)33-21-37(31-18-19-36(60-6)26(3)38(31)49-33)61-30-20-35-39(55)51-43(42(57)52-63(58,59)53(4)5)22-28(43)12-10-8-7-9-11-13-32(41(56)54(35)23-30)48-29-16-14-27(15-17-29)44(45,46)47/h10,12,14-19,21,24-25,28,30,32,35,48H,7-9,11,13,20,22-23H2,1-6H3,(H,51,55)(H,52,57)/t28-,30-,32+,35+,43-/m1/s1. The average molecular weight is 912 g/mol. The van der Waals surface area contributed by atoms with E-state index in [1.54, 1.807) is 19.2 Å². The molecule has 0 unspecified atom stereocenters. The number of halogens is 3. The largest absolute Gasteiger partial charge is 0.496 e. The maximum atomic E-state index is 14.9. The van der Waals surface area contributed by atoms with Crippen molar-refractivity contribution in [1.29, 1.82) is 0 Å². The molecule has 19 heteroatoms. The Bertz CT molecular complexity index is 2510. The van der Waals surface area contributed by atoms with Crippen LogP contribution in [0.2, 0.25) is 0 Å². The highest BCUT2D eigenvalue weighted by molar-refractivity contribution is 7.87. The average Bonchev–Trinajstić information content (AvgIpc) is 3.51. The van der Waals surface area contributed by atoms with Gasteiger partial charge in [-0.05, 0) is 74.9 Å². The number of pyridine rings is 1. The number of nitrogens with one attached hydrogen (secondary N) is 3. The predicted molar refractivity (Wildman–Crippen MR) is 234 cm³/mol. The second-order valence-electron chi connectivity index (χ2n) is 16.8. The van der Waals surface area contributed by atoms with Gasteiger partial charge in [0.1, 0.15) is 45.9 Å². The molecule has 3 amide bonds. The van der Waals surface area contributed by atoms with E-state index in [1.807, 2.05) is 30.5 Å². The highest BCUT2D eigenvalue weighted by atomic mass is 32.2. The van der Waals surface area contributed by atoms with E-state index in [1.165, 1.54) is 42.5 Å². The number of thiazole rings is 1. The lowest BCUT2D eigenvalue weighted by molar-refractivity contribution is -0.140. The summed E-state index contributed by atoms with van der Waals surface area (Å²) in [7, 11) is -0.106. The molecule has 2 aromatic carbocycles. The third kappa shape index (κ3) is 9.79. The molecule has 338 valence electrons. The molecule has 7 rings (SSSR count). The number of alkyl halides is 3.